The van der Waals surface area contributed by atoms with Crippen LogP contribution in [0.15, 0.2) is 18.3 Å². The fraction of sp³-hybridized carbons (Fsp3) is 0.533. The highest BCUT2D eigenvalue weighted by atomic mass is 16.2. The minimum atomic E-state index is -0.115. The van der Waals surface area contributed by atoms with E-state index in [1.54, 1.807) is 12.3 Å². The van der Waals surface area contributed by atoms with Crippen LogP contribution in [0, 0.1) is 5.41 Å². The molecule has 1 saturated carbocycles. The highest BCUT2D eigenvalue weighted by Gasteiger charge is 2.45. The standard InChI is InChI=1S/C15H19N3O2/c16-9-11-3-4-12(17-10-11)18-13(19)7-15(8-14(18)20)5-1-2-6-15/h3-4,10H,1-2,5-9,16H2. The number of piperidine rings is 1. The maximum Gasteiger partial charge on any atom is 0.235 e. The van der Waals surface area contributed by atoms with Gasteiger partial charge in [-0.3, -0.25) is 9.59 Å². The number of carbonyl (C=O) groups excluding carboxylic acids is 2. The largest absolute Gasteiger partial charge is 0.326 e. The summed E-state index contributed by atoms with van der Waals surface area (Å²) in [5, 5.41) is 0. The molecule has 0 atom stereocenters. The zero-order valence-corrected chi connectivity index (χ0v) is 11.5. The Morgan fingerprint density at radius 3 is 2.30 bits per heavy atom. The van der Waals surface area contributed by atoms with Crippen molar-refractivity contribution in [3.8, 4) is 0 Å². The van der Waals surface area contributed by atoms with Gasteiger partial charge in [0.05, 0.1) is 0 Å². The second-order valence-corrected chi connectivity index (χ2v) is 5.91. The first-order chi connectivity index (χ1) is 9.63. The number of hydrogen-bond acceptors (Lipinski definition) is 4. The predicted octanol–water partition coefficient (Wildman–Crippen LogP) is 1.75. The van der Waals surface area contributed by atoms with Crippen LogP contribution in [0.2, 0.25) is 0 Å². The van der Waals surface area contributed by atoms with E-state index in [1.807, 2.05) is 6.07 Å². The summed E-state index contributed by atoms with van der Waals surface area (Å²) in [6, 6.07) is 3.51. The summed E-state index contributed by atoms with van der Waals surface area (Å²) in [7, 11) is 0. The number of aromatic nitrogens is 1. The van der Waals surface area contributed by atoms with Crippen molar-refractivity contribution in [2.45, 2.75) is 45.1 Å². The number of imide groups is 1. The summed E-state index contributed by atoms with van der Waals surface area (Å²) in [4.78, 5) is 30.2. The highest BCUT2D eigenvalue weighted by molar-refractivity contribution is 6.16. The van der Waals surface area contributed by atoms with E-state index in [1.165, 1.54) is 4.90 Å². The molecule has 0 bridgehead atoms. The molecule has 1 aromatic heterocycles. The van der Waals surface area contributed by atoms with Crippen LogP contribution < -0.4 is 10.6 Å². The van der Waals surface area contributed by atoms with Crippen LogP contribution >= 0.6 is 0 Å². The van der Waals surface area contributed by atoms with E-state index in [0.29, 0.717) is 25.2 Å². The van der Waals surface area contributed by atoms with Gasteiger partial charge in [-0.05, 0) is 29.9 Å². The Morgan fingerprint density at radius 2 is 1.80 bits per heavy atom. The van der Waals surface area contributed by atoms with Gasteiger partial charge in [0, 0.05) is 25.6 Å². The molecule has 1 spiro atoms. The van der Waals surface area contributed by atoms with E-state index in [9.17, 15) is 9.59 Å². The normalized spacial score (nSPS) is 21.8. The van der Waals surface area contributed by atoms with Crippen molar-refractivity contribution in [1.29, 1.82) is 0 Å². The Hall–Kier alpha value is -1.75. The van der Waals surface area contributed by atoms with E-state index in [4.69, 9.17) is 5.73 Å². The fourth-order valence-corrected chi connectivity index (χ4v) is 3.41. The molecular formula is C15H19N3O2. The number of rotatable bonds is 2. The van der Waals surface area contributed by atoms with Crippen molar-refractivity contribution in [2.75, 3.05) is 4.90 Å². The minimum Gasteiger partial charge on any atom is -0.326 e. The Bertz CT molecular complexity index is 513. The lowest BCUT2D eigenvalue weighted by atomic mass is 9.76. The molecule has 1 aromatic rings. The van der Waals surface area contributed by atoms with E-state index in [0.717, 1.165) is 31.2 Å². The van der Waals surface area contributed by atoms with Gasteiger partial charge in [-0.2, -0.15) is 0 Å². The average molecular weight is 273 g/mol. The molecule has 20 heavy (non-hydrogen) atoms. The molecule has 5 nitrogen and oxygen atoms in total. The van der Waals surface area contributed by atoms with Gasteiger partial charge < -0.3 is 5.73 Å². The molecule has 1 saturated heterocycles. The SMILES string of the molecule is NCc1ccc(N2C(=O)CC3(CCCC3)CC2=O)nc1. The van der Waals surface area contributed by atoms with Crippen LogP contribution in [0.4, 0.5) is 5.82 Å². The molecule has 0 aromatic carbocycles. The second-order valence-electron chi connectivity index (χ2n) is 5.91. The van der Waals surface area contributed by atoms with E-state index in [2.05, 4.69) is 4.98 Å². The van der Waals surface area contributed by atoms with Crippen molar-refractivity contribution in [3.63, 3.8) is 0 Å². The summed E-state index contributed by atoms with van der Waals surface area (Å²) in [5.74, 6) is 0.192. The Morgan fingerprint density at radius 1 is 1.15 bits per heavy atom. The van der Waals surface area contributed by atoms with Crippen molar-refractivity contribution >= 4 is 17.6 Å². The van der Waals surface area contributed by atoms with E-state index < -0.39 is 0 Å². The van der Waals surface area contributed by atoms with Crippen LogP contribution in [0.5, 0.6) is 0 Å². The molecule has 1 aliphatic carbocycles. The molecule has 2 aliphatic rings. The lowest BCUT2D eigenvalue weighted by molar-refractivity contribution is -0.133. The monoisotopic (exact) mass is 273 g/mol. The smallest absolute Gasteiger partial charge is 0.235 e. The van der Waals surface area contributed by atoms with E-state index in [-0.39, 0.29) is 17.2 Å². The number of amides is 2. The topological polar surface area (TPSA) is 76.3 Å². The second kappa shape index (κ2) is 4.98. The first-order valence-electron chi connectivity index (χ1n) is 7.14. The molecule has 5 heteroatoms. The predicted molar refractivity (Wildman–Crippen MR) is 74.8 cm³/mol. The van der Waals surface area contributed by atoms with Gasteiger partial charge in [-0.1, -0.05) is 18.9 Å². The van der Waals surface area contributed by atoms with Gasteiger partial charge in [-0.25, -0.2) is 9.88 Å². The molecule has 2 amide bonds. The molecule has 2 fully saturated rings. The lowest BCUT2D eigenvalue weighted by Gasteiger charge is -2.36. The van der Waals surface area contributed by atoms with Crippen molar-refractivity contribution in [3.05, 3.63) is 23.9 Å². The Labute approximate surface area is 118 Å². The zero-order chi connectivity index (χ0) is 14.2. The van der Waals surface area contributed by atoms with E-state index >= 15 is 0 Å². The number of nitrogens with zero attached hydrogens (tertiary/aromatic N) is 2. The van der Waals surface area contributed by atoms with Crippen molar-refractivity contribution in [1.82, 2.24) is 4.98 Å². The lowest BCUT2D eigenvalue weighted by Crippen LogP contribution is -2.47. The number of pyridine rings is 1. The molecule has 2 heterocycles. The van der Waals surface area contributed by atoms with Crippen LogP contribution in [-0.2, 0) is 16.1 Å². The number of anilines is 1. The molecule has 0 unspecified atom stereocenters. The minimum absolute atomic E-state index is 0.0676. The van der Waals surface area contributed by atoms with Crippen LogP contribution in [0.1, 0.15) is 44.1 Å². The maximum absolute atomic E-state index is 12.4. The van der Waals surface area contributed by atoms with Gasteiger partial charge in [0.15, 0.2) is 0 Å². The summed E-state index contributed by atoms with van der Waals surface area (Å²) in [5.41, 5.74) is 6.34. The molecule has 106 valence electrons. The first-order valence-corrected chi connectivity index (χ1v) is 7.14. The van der Waals surface area contributed by atoms with Gasteiger partial charge in [-0.15, -0.1) is 0 Å². The third-order valence-corrected chi connectivity index (χ3v) is 4.49. The maximum atomic E-state index is 12.4. The number of nitrogens with two attached hydrogens (primary N) is 1. The van der Waals surface area contributed by atoms with Crippen molar-refractivity contribution < 1.29 is 9.59 Å². The Balaban J connectivity index is 1.83. The summed E-state index contributed by atoms with van der Waals surface area (Å²) in [6.07, 6.45) is 6.82. The summed E-state index contributed by atoms with van der Waals surface area (Å²) < 4.78 is 0. The molecule has 3 rings (SSSR count). The summed E-state index contributed by atoms with van der Waals surface area (Å²) >= 11 is 0. The third-order valence-electron chi connectivity index (χ3n) is 4.49. The van der Waals surface area contributed by atoms with Crippen LogP contribution in [0.3, 0.4) is 0 Å². The van der Waals surface area contributed by atoms with Crippen LogP contribution in [0.25, 0.3) is 0 Å². The number of hydrogen-bond donors (Lipinski definition) is 1. The average Bonchev–Trinajstić information content (AvgIpc) is 2.86. The molecule has 0 radical (unpaired) electrons. The van der Waals surface area contributed by atoms with Crippen LogP contribution in [-0.4, -0.2) is 16.8 Å². The number of carbonyl (C=O) groups is 2. The van der Waals surface area contributed by atoms with Gasteiger partial charge in [0.1, 0.15) is 5.82 Å². The zero-order valence-electron chi connectivity index (χ0n) is 11.5. The van der Waals surface area contributed by atoms with Gasteiger partial charge >= 0.3 is 0 Å². The highest BCUT2D eigenvalue weighted by Crippen LogP contribution is 2.47. The molecule has 1 aliphatic heterocycles. The van der Waals surface area contributed by atoms with Crippen molar-refractivity contribution in [2.24, 2.45) is 11.1 Å². The molecule has 2 N–H and O–H groups in total. The van der Waals surface area contributed by atoms with Gasteiger partial charge in [0.25, 0.3) is 0 Å². The fourth-order valence-electron chi connectivity index (χ4n) is 3.41. The van der Waals surface area contributed by atoms with Gasteiger partial charge in [0.2, 0.25) is 11.8 Å². The quantitative estimate of drug-likeness (QED) is 0.833. The molecular weight excluding hydrogens is 254 g/mol. The Kier molecular flexibility index (Phi) is 3.30. The third kappa shape index (κ3) is 2.22. The first kappa shape index (κ1) is 13.2. The summed E-state index contributed by atoms with van der Waals surface area (Å²) in [6.45, 7) is 0.401.